The molecule has 8 unspecified atom stereocenters. The molecule has 0 bridgehead atoms. The quantitative estimate of drug-likeness (QED) is 0.0481. The van der Waals surface area contributed by atoms with Crippen molar-refractivity contribution in [1.29, 1.82) is 0 Å². The van der Waals surface area contributed by atoms with Crippen LogP contribution in [-0.2, 0) is 62.0 Å². The van der Waals surface area contributed by atoms with Gasteiger partial charge in [-0.1, -0.05) is 128 Å². The van der Waals surface area contributed by atoms with Crippen LogP contribution in [0.3, 0.4) is 0 Å². The Labute approximate surface area is 730 Å². The molecule has 18 nitrogen and oxygen atoms in total. The third-order valence-electron chi connectivity index (χ3n) is 36.0. The number of allylic oxidation sites excluding steroid dienone is 6. The van der Waals surface area contributed by atoms with E-state index in [0.29, 0.717) is 97.8 Å². The smallest absolute Gasteiger partial charge is 0.302 e. The number of aromatic nitrogens is 2. The molecule has 2 heterocycles. The molecule has 122 heavy (non-hydrogen) atoms. The summed E-state index contributed by atoms with van der Waals surface area (Å²) in [5.41, 5.74) is 7.78. The number of fused-ring (bicyclic) bond motifs is 4. The average Bonchev–Trinajstić information content (AvgIpc) is 1.49. The van der Waals surface area contributed by atoms with Crippen molar-refractivity contribution in [2.24, 2.45) is 138 Å². The van der Waals surface area contributed by atoms with Crippen LogP contribution in [-0.4, -0.2) is 125 Å². The number of aldehydes is 1. The maximum atomic E-state index is 12.1. The van der Waals surface area contributed by atoms with Gasteiger partial charge in [0.15, 0.2) is 0 Å². The van der Waals surface area contributed by atoms with Crippen molar-refractivity contribution in [2.45, 2.75) is 301 Å². The maximum absolute atomic E-state index is 12.1. The molecule has 12 aliphatic rings. The lowest BCUT2D eigenvalue weighted by Crippen LogP contribution is -2.52. The molecule has 2 aromatic heterocycles. The van der Waals surface area contributed by atoms with Gasteiger partial charge in [-0.2, -0.15) is 0 Å². The lowest BCUT2D eigenvalue weighted by atomic mass is 9.49. The number of aliphatic hydroxyl groups is 3. The van der Waals surface area contributed by atoms with E-state index in [4.69, 9.17) is 28.4 Å². The number of ether oxygens (including phenoxy) is 6. The Morgan fingerprint density at radius 2 is 0.705 bits per heavy atom. The summed E-state index contributed by atoms with van der Waals surface area (Å²) >= 11 is 0. The fraction of sp³-hybridized carbons (Fsp3) is 0.721. The summed E-state index contributed by atoms with van der Waals surface area (Å²) < 4.78 is 33.4. The van der Waals surface area contributed by atoms with Crippen LogP contribution in [0.4, 0.5) is 0 Å². The predicted octanol–water partition coefficient (Wildman–Crippen LogP) is 20.4. The van der Waals surface area contributed by atoms with Crippen LogP contribution in [0.2, 0.25) is 0 Å². The lowest BCUT2D eigenvalue weighted by molar-refractivity contribution is -0.159. The molecule has 12 aliphatic carbocycles. The highest BCUT2D eigenvalue weighted by atomic mass is 16.6. The standard InChI is InChI=1S/C30H41NO4.C26H37NO2.C24H38O5.C24H36O5/c1-20-9-12-27-26(19-34-21(2)32)28(14-16-29(20,27)4)30(5)15-13-25(35-22(3)33)18-23(30)10-11-24-8-6-7-17-31-24;1-18-7-10-23-22(17-28)24(12-14-25(18,23)2)26(3)13-11-21(29)16-19(26)8-9-20-6-4-5-15-27-20;2*1-15-6-7-21-20(14-28-16(2)26)22(9-11-23(15,21)4)24(5)10-8-19(29-17(3)27)12-18(24)13-25/h6-8,10-11,17,23,25-28H,1,9,12-16,18-19H2,2-5H3;4-6,8-9,15,19,21-24,28-29H,1,7,10-14,16-17H2,2-3H3;18-22,25H,1,6-14H2,2-5H3;13,18-22H,1,6-12,14H2,2-5H3/b11-10+;9-8+;;/t23-,25-,26-,27?,28?,29+,30-;19-,21-,22-,23?,24?,25+,26-;2*18-,19+,20+,21?,22?,23-,24+/m0011/s1. The predicted molar refractivity (Wildman–Crippen MR) is 476 cm³/mol. The van der Waals surface area contributed by atoms with Crippen molar-refractivity contribution >= 4 is 54.3 Å². The van der Waals surface area contributed by atoms with Gasteiger partial charge >= 0.3 is 35.8 Å². The number of pyridine rings is 2. The molecule has 2 aromatic rings. The molecule has 0 saturated heterocycles. The molecule has 12 saturated carbocycles. The molecule has 0 amide bonds. The van der Waals surface area contributed by atoms with Gasteiger partial charge in [0.25, 0.3) is 0 Å². The first-order valence-corrected chi connectivity index (χ1v) is 46.9. The highest BCUT2D eigenvalue weighted by Crippen LogP contribution is 2.69. The van der Waals surface area contributed by atoms with Crippen LogP contribution >= 0.6 is 0 Å². The average molecular weight is 1690 g/mol. The van der Waals surface area contributed by atoms with E-state index in [-0.39, 0.29) is 146 Å². The van der Waals surface area contributed by atoms with Crippen molar-refractivity contribution in [2.75, 3.05) is 33.0 Å². The van der Waals surface area contributed by atoms with Gasteiger partial charge in [-0.05, 0) is 331 Å². The summed E-state index contributed by atoms with van der Waals surface area (Å²) in [5.74, 6) is 3.71. The number of hydrogen-bond donors (Lipinski definition) is 3. The Kier molecular flexibility index (Phi) is 31.4. The zero-order valence-electron chi connectivity index (χ0n) is 76.8. The van der Waals surface area contributed by atoms with Crippen molar-refractivity contribution in [1.82, 2.24) is 9.97 Å². The number of rotatable bonds is 20. The number of nitrogens with zero attached hydrogens (tertiary/aromatic N) is 2. The third kappa shape index (κ3) is 20.4. The highest BCUT2D eigenvalue weighted by molar-refractivity contribution is 5.68. The molecular weight excluding hydrogens is 1530 g/mol. The Morgan fingerprint density at radius 1 is 0.385 bits per heavy atom. The van der Waals surface area contributed by atoms with Crippen molar-refractivity contribution in [3.05, 3.63) is 121 Å². The first kappa shape index (κ1) is 95.8. The fourth-order valence-electron chi connectivity index (χ4n) is 28.4. The largest absolute Gasteiger partial charge is 0.466 e. The van der Waals surface area contributed by atoms with Crippen molar-refractivity contribution in [3.63, 3.8) is 0 Å². The monoisotopic (exact) mass is 1690 g/mol. The second-order valence-electron chi connectivity index (χ2n) is 42.0. The fourth-order valence-corrected chi connectivity index (χ4v) is 28.4. The molecule has 674 valence electrons. The Morgan fingerprint density at radius 3 is 1.04 bits per heavy atom. The van der Waals surface area contributed by atoms with E-state index in [1.54, 1.807) is 0 Å². The molecule has 0 aromatic carbocycles. The lowest BCUT2D eigenvalue weighted by Gasteiger charge is -2.56. The van der Waals surface area contributed by atoms with Crippen LogP contribution in [0.5, 0.6) is 0 Å². The minimum absolute atomic E-state index is 0.0119. The number of aliphatic hydroxyl groups excluding tert-OH is 3. The van der Waals surface area contributed by atoms with Crippen molar-refractivity contribution < 1.29 is 77.3 Å². The Bertz CT molecular complexity index is 4100. The van der Waals surface area contributed by atoms with E-state index in [1.807, 2.05) is 48.8 Å². The van der Waals surface area contributed by atoms with E-state index >= 15 is 0 Å². The van der Waals surface area contributed by atoms with Crippen LogP contribution < -0.4 is 0 Å². The van der Waals surface area contributed by atoms with E-state index in [0.717, 1.165) is 172 Å². The van der Waals surface area contributed by atoms with Gasteiger partial charge in [0.2, 0.25) is 0 Å². The zero-order valence-corrected chi connectivity index (χ0v) is 76.8. The first-order valence-electron chi connectivity index (χ1n) is 46.9. The summed E-state index contributed by atoms with van der Waals surface area (Å²) in [5, 5.41) is 31.2. The van der Waals surface area contributed by atoms with Crippen LogP contribution in [0, 0.1) is 138 Å². The molecule has 3 N–H and O–H groups in total. The molecule has 18 heteroatoms. The van der Waals surface area contributed by atoms with E-state index in [2.05, 4.69) is 116 Å². The summed E-state index contributed by atoms with van der Waals surface area (Å²) in [6.45, 7) is 46.9. The van der Waals surface area contributed by atoms with Crippen LogP contribution in [0.1, 0.15) is 288 Å². The minimum Gasteiger partial charge on any atom is -0.466 e. The zero-order chi connectivity index (χ0) is 88.7. The van der Waals surface area contributed by atoms with Gasteiger partial charge in [0.05, 0.1) is 37.3 Å². The molecular formula is C104H152N2O16. The van der Waals surface area contributed by atoms with Gasteiger partial charge in [0, 0.05) is 90.8 Å². The topological polar surface area (TPSA) is 261 Å². The molecule has 0 spiro atoms. The molecule has 12 fully saturated rings. The molecule has 0 aliphatic heterocycles. The van der Waals surface area contributed by atoms with Gasteiger partial charge in [-0.25, -0.2) is 0 Å². The Balaban J connectivity index is 0.000000159. The van der Waals surface area contributed by atoms with Crippen LogP contribution in [0.15, 0.2) is 110 Å². The minimum atomic E-state index is -0.283. The van der Waals surface area contributed by atoms with E-state index in [9.17, 15) is 48.9 Å². The maximum Gasteiger partial charge on any atom is 0.302 e. The third-order valence-corrected chi connectivity index (χ3v) is 36.0. The highest BCUT2D eigenvalue weighted by Gasteiger charge is 2.62. The Hall–Kier alpha value is -6.89. The summed E-state index contributed by atoms with van der Waals surface area (Å²) in [4.78, 5) is 90.7. The van der Waals surface area contributed by atoms with Gasteiger partial charge in [-0.15, -0.1) is 0 Å². The number of hydrogen-bond acceptors (Lipinski definition) is 18. The first-order chi connectivity index (χ1) is 57.7. The second kappa shape index (κ2) is 40.0. The van der Waals surface area contributed by atoms with Gasteiger partial charge < -0.3 is 48.5 Å². The van der Waals surface area contributed by atoms with E-state index in [1.165, 1.54) is 76.7 Å². The summed E-state index contributed by atoms with van der Waals surface area (Å²) in [7, 11) is 0. The molecule has 0 radical (unpaired) electrons. The second-order valence-corrected chi connectivity index (χ2v) is 42.0. The number of esters is 6. The van der Waals surface area contributed by atoms with Crippen LogP contribution in [0.25, 0.3) is 12.2 Å². The normalized spacial score (nSPS) is 40.9. The van der Waals surface area contributed by atoms with Gasteiger partial charge in [-0.3, -0.25) is 38.7 Å². The number of carbonyl (C=O) groups excluding carboxylic acids is 7. The summed E-state index contributed by atoms with van der Waals surface area (Å²) in [6.07, 6.45) is 40.6. The van der Waals surface area contributed by atoms with Crippen molar-refractivity contribution in [3.8, 4) is 0 Å². The number of carbonyl (C=O) groups is 7. The van der Waals surface area contributed by atoms with Gasteiger partial charge in [0.1, 0.15) is 24.6 Å². The molecule has 14 rings (SSSR count). The SMILES string of the molecule is C=C1CCC2[C@H](CO)C([C@@]3(C)CC[C@H](O)C[C@@H]3/C=C/c3ccccn3)CC[C@]12C.C=C1CCC2[C@H](COC(C)=O)C([C@@]3(C)CC[C@H](OC(C)=O)C[C@@H]3/C=C/c3ccccn3)CC[C@]12C.C=C1CCC2[C@H](COC(C)=O)C([C@@]3(C)CC[C@H](OC(C)=O)C[C@@H]3C=O)CC[C@]12C.C=C1CCC2[C@H](COC(C)=O)C([C@@]3(C)CC[C@H](OC(C)=O)C[C@@H]3CO)CC[C@]12C. The van der Waals surface area contributed by atoms with E-state index < -0.39 is 0 Å². The summed E-state index contributed by atoms with van der Waals surface area (Å²) in [6, 6.07) is 11.9. The molecule has 28 atom stereocenters.